The number of rotatable bonds is 7. The highest BCUT2D eigenvalue weighted by atomic mass is 16.3. The van der Waals surface area contributed by atoms with E-state index in [1.165, 1.54) is 0 Å². The number of aliphatic imine (C=N–C) groups is 1. The van der Waals surface area contributed by atoms with Crippen molar-refractivity contribution in [2.24, 2.45) is 4.99 Å². The third-order valence-corrected chi connectivity index (χ3v) is 6.68. The first-order valence-corrected chi connectivity index (χ1v) is 12.4. The number of likely N-dealkylation sites (tertiary alicyclic amines) is 1. The van der Waals surface area contributed by atoms with Gasteiger partial charge >= 0.3 is 0 Å². The van der Waals surface area contributed by atoms with Crippen LogP contribution in [0.15, 0.2) is 60.0 Å². The summed E-state index contributed by atoms with van der Waals surface area (Å²) in [7, 11) is 4.07. The van der Waals surface area contributed by atoms with Crippen LogP contribution in [-0.2, 0) is 6.54 Å². The predicted molar refractivity (Wildman–Crippen MR) is 141 cm³/mol. The first-order chi connectivity index (χ1) is 17.4. The van der Waals surface area contributed by atoms with Crippen LogP contribution < -0.4 is 5.32 Å². The van der Waals surface area contributed by atoms with Crippen LogP contribution in [0.25, 0.3) is 11.1 Å². The monoisotopic (exact) mass is 484 g/mol. The smallest absolute Gasteiger partial charge is 0.272 e. The average molecular weight is 485 g/mol. The Balaban J connectivity index is 1.34. The number of pyridine rings is 2. The second-order valence-corrected chi connectivity index (χ2v) is 9.79. The SMILES string of the molecule is C[C@@H]1N=C(C(O)Nc2ccc(C(=O)N3CCCC3)nc2)c2cc(-c3cncc(CN(C)C)c3)ccc21. The minimum atomic E-state index is -1.01. The van der Waals surface area contributed by atoms with Gasteiger partial charge in [-0.25, -0.2) is 4.98 Å². The quantitative estimate of drug-likeness (QED) is 0.497. The minimum absolute atomic E-state index is 0.0424. The minimum Gasteiger partial charge on any atom is -0.368 e. The van der Waals surface area contributed by atoms with E-state index in [2.05, 4.69) is 44.5 Å². The van der Waals surface area contributed by atoms with Crippen LogP contribution >= 0.6 is 0 Å². The molecule has 2 aliphatic rings. The molecule has 2 N–H and O–H groups in total. The van der Waals surface area contributed by atoms with Gasteiger partial charge in [0, 0.05) is 43.2 Å². The molecule has 0 bridgehead atoms. The summed E-state index contributed by atoms with van der Waals surface area (Å²) in [6.45, 7) is 4.41. The summed E-state index contributed by atoms with van der Waals surface area (Å²) in [5, 5.41) is 14.2. The fourth-order valence-corrected chi connectivity index (χ4v) is 4.90. The van der Waals surface area contributed by atoms with E-state index in [4.69, 9.17) is 4.99 Å². The Hall–Kier alpha value is -3.62. The summed E-state index contributed by atoms with van der Waals surface area (Å²) in [6.07, 6.45) is 6.41. The lowest BCUT2D eigenvalue weighted by Crippen LogP contribution is -2.30. The van der Waals surface area contributed by atoms with Gasteiger partial charge < -0.3 is 20.2 Å². The summed E-state index contributed by atoms with van der Waals surface area (Å²) in [5.41, 5.74) is 6.84. The van der Waals surface area contributed by atoms with Crippen molar-refractivity contribution in [3.05, 3.63) is 77.4 Å². The molecular weight excluding hydrogens is 452 g/mol. The van der Waals surface area contributed by atoms with Crippen LogP contribution in [0.2, 0.25) is 0 Å². The van der Waals surface area contributed by atoms with Crippen molar-refractivity contribution in [3.63, 3.8) is 0 Å². The number of aliphatic hydroxyl groups is 1. The molecule has 8 heteroatoms. The van der Waals surface area contributed by atoms with E-state index in [1.807, 2.05) is 38.3 Å². The van der Waals surface area contributed by atoms with Gasteiger partial charge in [-0.2, -0.15) is 0 Å². The summed E-state index contributed by atoms with van der Waals surface area (Å²) in [5.74, 6) is -0.0424. The van der Waals surface area contributed by atoms with Gasteiger partial charge in [-0.15, -0.1) is 0 Å². The molecule has 0 spiro atoms. The highest BCUT2D eigenvalue weighted by Gasteiger charge is 2.27. The fraction of sp³-hybridized carbons (Fsp3) is 0.357. The van der Waals surface area contributed by atoms with Crippen molar-refractivity contribution in [3.8, 4) is 11.1 Å². The van der Waals surface area contributed by atoms with E-state index in [0.29, 0.717) is 17.1 Å². The van der Waals surface area contributed by atoms with Crippen LogP contribution in [0.1, 0.15) is 53.0 Å². The molecule has 3 aromatic rings. The molecule has 1 unspecified atom stereocenters. The number of nitrogens with one attached hydrogen (secondary N) is 1. The molecule has 2 aromatic heterocycles. The van der Waals surface area contributed by atoms with E-state index in [-0.39, 0.29) is 11.9 Å². The second-order valence-electron chi connectivity index (χ2n) is 9.79. The normalized spacial score (nSPS) is 17.8. The molecule has 1 fully saturated rings. The molecule has 2 aliphatic heterocycles. The van der Waals surface area contributed by atoms with E-state index in [0.717, 1.165) is 60.3 Å². The summed E-state index contributed by atoms with van der Waals surface area (Å²) >= 11 is 0. The standard InChI is InChI=1S/C28H32N6O2/c1-18-23-8-6-20(21-12-19(14-29-15-21)17-33(2)3)13-24(23)26(31-18)27(35)32-22-7-9-25(30-16-22)28(36)34-10-4-5-11-34/h6-9,12-16,18,27,32,35H,4-5,10-11,17H2,1-3H3/t18-,27?/m0/s1. The van der Waals surface area contributed by atoms with Gasteiger partial charge in [0.05, 0.1) is 23.6 Å². The van der Waals surface area contributed by atoms with Gasteiger partial charge in [-0.1, -0.05) is 12.1 Å². The van der Waals surface area contributed by atoms with Gasteiger partial charge in [-0.3, -0.25) is 14.8 Å². The van der Waals surface area contributed by atoms with Crippen LogP contribution in [0.4, 0.5) is 5.69 Å². The van der Waals surface area contributed by atoms with Crippen LogP contribution in [0, 0.1) is 0 Å². The van der Waals surface area contributed by atoms with Crippen molar-refractivity contribution >= 4 is 17.3 Å². The number of carbonyl (C=O) groups excluding carboxylic acids is 1. The number of aromatic nitrogens is 2. The molecule has 0 aliphatic carbocycles. The molecule has 186 valence electrons. The maximum atomic E-state index is 12.6. The summed E-state index contributed by atoms with van der Waals surface area (Å²) < 4.78 is 0. The van der Waals surface area contributed by atoms with Gasteiger partial charge in [-0.05, 0) is 74.8 Å². The Morgan fingerprint density at radius 2 is 1.92 bits per heavy atom. The molecule has 1 saturated heterocycles. The predicted octanol–water partition coefficient (Wildman–Crippen LogP) is 3.74. The summed E-state index contributed by atoms with van der Waals surface area (Å²) in [6, 6.07) is 11.8. The van der Waals surface area contributed by atoms with Crippen molar-refractivity contribution in [2.45, 2.75) is 38.6 Å². The lowest BCUT2D eigenvalue weighted by Gasteiger charge is -2.17. The number of aliphatic hydroxyl groups excluding tert-OH is 1. The third-order valence-electron chi connectivity index (χ3n) is 6.68. The Morgan fingerprint density at radius 1 is 1.11 bits per heavy atom. The summed E-state index contributed by atoms with van der Waals surface area (Å²) in [4.78, 5) is 30.0. The second kappa shape index (κ2) is 10.2. The first kappa shape index (κ1) is 24.1. The highest BCUT2D eigenvalue weighted by molar-refractivity contribution is 6.08. The molecule has 4 heterocycles. The molecule has 2 atom stereocenters. The number of hydrogen-bond donors (Lipinski definition) is 2. The van der Waals surface area contributed by atoms with E-state index in [9.17, 15) is 9.90 Å². The van der Waals surface area contributed by atoms with Gasteiger partial charge in [0.15, 0.2) is 6.23 Å². The molecule has 1 aromatic carbocycles. The third kappa shape index (κ3) is 5.01. The number of fused-ring (bicyclic) bond motifs is 1. The Morgan fingerprint density at radius 3 is 2.64 bits per heavy atom. The fourth-order valence-electron chi connectivity index (χ4n) is 4.90. The van der Waals surface area contributed by atoms with Crippen LogP contribution in [-0.4, -0.2) is 69.9 Å². The lowest BCUT2D eigenvalue weighted by molar-refractivity contribution is 0.0787. The number of hydrogen-bond acceptors (Lipinski definition) is 7. The zero-order valence-corrected chi connectivity index (χ0v) is 21.0. The molecular formula is C28H32N6O2. The van der Waals surface area contributed by atoms with Crippen LogP contribution in [0.5, 0.6) is 0 Å². The number of amides is 1. The molecule has 8 nitrogen and oxygen atoms in total. The maximum Gasteiger partial charge on any atom is 0.272 e. The molecule has 36 heavy (non-hydrogen) atoms. The zero-order chi connectivity index (χ0) is 25.2. The Labute approximate surface area is 211 Å². The van der Waals surface area contributed by atoms with Crippen molar-refractivity contribution in [1.82, 2.24) is 19.8 Å². The molecule has 0 saturated carbocycles. The molecule has 5 rings (SSSR count). The van der Waals surface area contributed by atoms with Gasteiger partial charge in [0.2, 0.25) is 0 Å². The number of nitrogens with zero attached hydrogens (tertiary/aromatic N) is 5. The van der Waals surface area contributed by atoms with E-state index in [1.54, 1.807) is 18.3 Å². The highest BCUT2D eigenvalue weighted by Crippen LogP contribution is 2.34. The number of anilines is 1. The van der Waals surface area contributed by atoms with Gasteiger partial charge in [0.1, 0.15) is 5.69 Å². The van der Waals surface area contributed by atoms with E-state index >= 15 is 0 Å². The van der Waals surface area contributed by atoms with Crippen molar-refractivity contribution < 1.29 is 9.90 Å². The zero-order valence-electron chi connectivity index (χ0n) is 21.0. The molecule has 1 amide bonds. The average Bonchev–Trinajstić information content (AvgIpc) is 3.52. The number of benzene rings is 1. The Kier molecular flexibility index (Phi) is 6.80. The van der Waals surface area contributed by atoms with E-state index < -0.39 is 6.23 Å². The van der Waals surface area contributed by atoms with Gasteiger partial charge in [0.25, 0.3) is 5.91 Å². The largest absolute Gasteiger partial charge is 0.368 e. The lowest BCUT2D eigenvalue weighted by atomic mass is 9.95. The Bertz CT molecular complexity index is 1280. The molecule has 0 radical (unpaired) electrons. The number of carbonyl (C=O) groups is 1. The van der Waals surface area contributed by atoms with Crippen molar-refractivity contribution in [2.75, 3.05) is 32.5 Å². The maximum absolute atomic E-state index is 12.6. The van der Waals surface area contributed by atoms with Crippen molar-refractivity contribution in [1.29, 1.82) is 0 Å². The van der Waals surface area contributed by atoms with Crippen LogP contribution in [0.3, 0.4) is 0 Å². The first-order valence-electron chi connectivity index (χ1n) is 12.4. The topological polar surface area (TPSA) is 94.0 Å².